The molecule has 0 aromatic rings. The van der Waals surface area contributed by atoms with E-state index in [4.69, 9.17) is 0 Å². The minimum absolute atomic E-state index is 0.0374. The number of hydrogen-bond donors (Lipinski definition) is 0. The van der Waals surface area contributed by atoms with Crippen LogP contribution in [0.15, 0.2) is 0 Å². The Morgan fingerprint density at radius 3 is 1.60 bits per heavy atom. The summed E-state index contributed by atoms with van der Waals surface area (Å²) < 4.78 is 0. The first-order valence-electron chi connectivity index (χ1n) is 6.58. The molecule has 0 amide bonds. The highest BCUT2D eigenvalue weighted by atomic mass is 16.1. The molecule has 0 aromatic heterocycles. The average Bonchev–Trinajstić information content (AvgIpc) is 2.18. The van der Waals surface area contributed by atoms with Gasteiger partial charge in [-0.2, -0.15) is 0 Å². The normalized spacial score (nSPS) is 11.7. The molecule has 1 heteroatoms. The Bertz CT molecular complexity index is 162. The summed E-state index contributed by atoms with van der Waals surface area (Å²) in [5.74, 6) is 0.384. The van der Waals surface area contributed by atoms with Crippen LogP contribution in [0.25, 0.3) is 0 Å². The average molecular weight is 212 g/mol. The monoisotopic (exact) mass is 212 g/mol. The zero-order chi connectivity index (χ0) is 11.7. The second kappa shape index (κ2) is 7.90. The lowest BCUT2D eigenvalue weighted by molar-refractivity contribution is -0.126. The number of ketones is 1. The molecule has 0 atom stereocenters. The van der Waals surface area contributed by atoms with Crippen molar-refractivity contribution in [1.82, 2.24) is 0 Å². The predicted molar refractivity (Wildman–Crippen MR) is 67.1 cm³/mol. The van der Waals surface area contributed by atoms with Crippen molar-refractivity contribution in [3.05, 3.63) is 0 Å². The van der Waals surface area contributed by atoms with E-state index < -0.39 is 0 Å². The number of unbranched alkanes of at least 4 members (excludes halogenated alkanes) is 4. The number of rotatable bonds is 9. The molecule has 0 fully saturated rings. The Morgan fingerprint density at radius 1 is 0.933 bits per heavy atom. The summed E-state index contributed by atoms with van der Waals surface area (Å²) in [6.07, 6.45) is 9.58. The highest BCUT2D eigenvalue weighted by molar-refractivity contribution is 5.81. The van der Waals surface area contributed by atoms with Gasteiger partial charge in [0.2, 0.25) is 0 Å². The standard InChI is InChI=1S/C14H28O/c1-5-7-9-11-14(4,13(3)15)12-10-8-6-2/h5-12H2,1-4H3. The van der Waals surface area contributed by atoms with Gasteiger partial charge in [-0.1, -0.05) is 59.3 Å². The second-order valence-electron chi connectivity index (χ2n) is 5.03. The second-order valence-corrected chi connectivity index (χ2v) is 5.03. The van der Waals surface area contributed by atoms with Crippen LogP contribution in [0.5, 0.6) is 0 Å². The highest BCUT2D eigenvalue weighted by Gasteiger charge is 2.28. The van der Waals surface area contributed by atoms with Gasteiger partial charge < -0.3 is 0 Å². The van der Waals surface area contributed by atoms with E-state index in [-0.39, 0.29) is 5.41 Å². The molecule has 0 aliphatic rings. The van der Waals surface area contributed by atoms with Gasteiger partial charge in [-0.25, -0.2) is 0 Å². The van der Waals surface area contributed by atoms with Crippen LogP contribution in [0.2, 0.25) is 0 Å². The molecular formula is C14H28O. The number of carbonyl (C=O) groups is 1. The van der Waals surface area contributed by atoms with Gasteiger partial charge in [0.25, 0.3) is 0 Å². The molecule has 0 bridgehead atoms. The van der Waals surface area contributed by atoms with Crippen LogP contribution in [0.4, 0.5) is 0 Å². The molecule has 15 heavy (non-hydrogen) atoms. The Kier molecular flexibility index (Phi) is 7.72. The minimum Gasteiger partial charge on any atom is -0.299 e. The molecule has 0 saturated carbocycles. The van der Waals surface area contributed by atoms with Crippen molar-refractivity contribution < 1.29 is 4.79 Å². The van der Waals surface area contributed by atoms with Gasteiger partial charge in [0.15, 0.2) is 0 Å². The fraction of sp³-hybridized carbons (Fsp3) is 0.929. The summed E-state index contributed by atoms with van der Waals surface area (Å²) in [5, 5.41) is 0. The van der Waals surface area contributed by atoms with Crippen molar-refractivity contribution in [2.75, 3.05) is 0 Å². The Labute approximate surface area is 95.6 Å². The van der Waals surface area contributed by atoms with Gasteiger partial charge in [-0.15, -0.1) is 0 Å². The fourth-order valence-electron chi connectivity index (χ4n) is 2.01. The van der Waals surface area contributed by atoms with E-state index >= 15 is 0 Å². The van der Waals surface area contributed by atoms with Gasteiger partial charge in [0, 0.05) is 5.41 Å². The molecule has 0 spiro atoms. The van der Waals surface area contributed by atoms with Crippen molar-refractivity contribution in [3.63, 3.8) is 0 Å². The lowest BCUT2D eigenvalue weighted by Gasteiger charge is -2.26. The third-order valence-corrected chi connectivity index (χ3v) is 3.51. The predicted octanol–water partition coefficient (Wildman–Crippen LogP) is 4.74. The summed E-state index contributed by atoms with van der Waals surface area (Å²) in [6.45, 7) is 8.34. The molecule has 0 heterocycles. The molecule has 0 saturated heterocycles. The molecular weight excluding hydrogens is 184 g/mol. The van der Waals surface area contributed by atoms with Gasteiger partial charge >= 0.3 is 0 Å². The van der Waals surface area contributed by atoms with Crippen LogP contribution in [-0.2, 0) is 4.79 Å². The maximum atomic E-state index is 11.7. The van der Waals surface area contributed by atoms with Crippen LogP contribution in [-0.4, -0.2) is 5.78 Å². The molecule has 0 radical (unpaired) electrons. The Balaban J connectivity index is 4.01. The maximum Gasteiger partial charge on any atom is 0.135 e. The topological polar surface area (TPSA) is 17.1 Å². The van der Waals surface area contributed by atoms with Gasteiger partial charge in [-0.3, -0.25) is 4.79 Å². The van der Waals surface area contributed by atoms with Crippen LogP contribution in [0.1, 0.15) is 79.1 Å². The summed E-state index contributed by atoms with van der Waals surface area (Å²) in [7, 11) is 0. The van der Waals surface area contributed by atoms with Crippen LogP contribution in [0, 0.1) is 5.41 Å². The third kappa shape index (κ3) is 5.96. The van der Waals surface area contributed by atoms with Crippen LogP contribution < -0.4 is 0 Å². The van der Waals surface area contributed by atoms with E-state index in [9.17, 15) is 4.79 Å². The molecule has 0 aliphatic heterocycles. The highest BCUT2D eigenvalue weighted by Crippen LogP contribution is 2.31. The summed E-state index contributed by atoms with van der Waals surface area (Å²) in [6, 6.07) is 0. The molecule has 90 valence electrons. The lowest BCUT2D eigenvalue weighted by atomic mass is 9.77. The molecule has 0 N–H and O–H groups in total. The zero-order valence-electron chi connectivity index (χ0n) is 11.1. The first-order valence-corrected chi connectivity index (χ1v) is 6.58. The quantitative estimate of drug-likeness (QED) is 0.504. The Hall–Kier alpha value is -0.330. The molecule has 0 rings (SSSR count). The van der Waals surface area contributed by atoms with Crippen molar-refractivity contribution in [2.24, 2.45) is 5.41 Å². The van der Waals surface area contributed by atoms with Gasteiger partial charge in [-0.05, 0) is 19.8 Å². The summed E-state index contributed by atoms with van der Waals surface area (Å²) in [4.78, 5) is 11.7. The van der Waals surface area contributed by atoms with E-state index in [2.05, 4.69) is 20.8 Å². The number of hydrogen-bond acceptors (Lipinski definition) is 1. The fourth-order valence-corrected chi connectivity index (χ4v) is 2.01. The third-order valence-electron chi connectivity index (χ3n) is 3.51. The van der Waals surface area contributed by atoms with E-state index in [0.717, 1.165) is 12.8 Å². The van der Waals surface area contributed by atoms with E-state index in [1.165, 1.54) is 38.5 Å². The zero-order valence-corrected chi connectivity index (χ0v) is 11.1. The van der Waals surface area contributed by atoms with E-state index in [1.54, 1.807) is 6.92 Å². The van der Waals surface area contributed by atoms with Crippen molar-refractivity contribution in [3.8, 4) is 0 Å². The van der Waals surface area contributed by atoms with Crippen molar-refractivity contribution in [2.45, 2.75) is 79.1 Å². The largest absolute Gasteiger partial charge is 0.299 e. The van der Waals surface area contributed by atoms with E-state index in [1.807, 2.05) is 0 Å². The van der Waals surface area contributed by atoms with Gasteiger partial charge in [0.05, 0.1) is 0 Å². The number of carbonyl (C=O) groups excluding carboxylic acids is 1. The summed E-state index contributed by atoms with van der Waals surface area (Å²) >= 11 is 0. The molecule has 0 aromatic carbocycles. The van der Waals surface area contributed by atoms with Crippen molar-refractivity contribution in [1.29, 1.82) is 0 Å². The Morgan fingerprint density at radius 2 is 1.33 bits per heavy atom. The maximum absolute atomic E-state index is 11.7. The van der Waals surface area contributed by atoms with E-state index in [0.29, 0.717) is 5.78 Å². The summed E-state index contributed by atoms with van der Waals surface area (Å²) in [5.41, 5.74) is -0.0374. The molecule has 1 nitrogen and oxygen atoms in total. The van der Waals surface area contributed by atoms with Crippen molar-refractivity contribution >= 4 is 5.78 Å². The smallest absolute Gasteiger partial charge is 0.135 e. The molecule has 0 aliphatic carbocycles. The van der Waals surface area contributed by atoms with Gasteiger partial charge in [0.1, 0.15) is 5.78 Å². The van der Waals surface area contributed by atoms with Crippen LogP contribution >= 0.6 is 0 Å². The minimum atomic E-state index is -0.0374. The van der Waals surface area contributed by atoms with Crippen LogP contribution in [0.3, 0.4) is 0 Å². The molecule has 0 unspecified atom stereocenters. The SMILES string of the molecule is CCCCCC(C)(CCCCC)C(C)=O. The number of Topliss-reactive ketones (excluding diaryl/α,β-unsaturated/α-hetero) is 1. The lowest BCUT2D eigenvalue weighted by Crippen LogP contribution is -2.25. The first-order chi connectivity index (χ1) is 7.06. The first kappa shape index (κ1) is 14.7.